The number of likely N-dealkylation sites (N-methyl/N-ethyl adjacent to an activating group) is 1. The smallest absolute Gasteiger partial charge is 0.243 e. The van der Waals surface area contributed by atoms with Gasteiger partial charge < -0.3 is 15.5 Å². The monoisotopic (exact) mass is 430 g/mol. The number of hydrogen-bond donors (Lipinski definition) is 2. The van der Waals surface area contributed by atoms with Crippen molar-refractivity contribution in [3.05, 3.63) is 48.0 Å². The Morgan fingerprint density at radius 3 is 2.43 bits per heavy atom. The fourth-order valence-corrected chi connectivity index (χ4v) is 1.67. The predicted octanol–water partition coefficient (Wildman–Crippen LogP) is 2.05. The van der Waals surface area contributed by atoms with Gasteiger partial charge in [-0.05, 0) is 18.9 Å². The molecule has 0 aromatic heterocycles. The summed E-state index contributed by atoms with van der Waals surface area (Å²) in [7, 11) is 3.45. The summed E-state index contributed by atoms with van der Waals surface area (Å²) in [5.74, 6) is 0.605. The first kappa shape index (κ1) is 21.4. The molecule has 0 saturated heterocycles. The van der Waals surface area contributed by atoms with Crippen LogP contribution in [-0.4, -0.2) is 50.5 Å². The van der Waals surface area contributed by atoms with Crippen molar-refractivity contribution in [1.29, 1.82) is 0 Å². The Morgan fingerprint density at radius 1 is 1.22 bits per heavy atom. The Morgan fingerprint density at radius 2 is 1.87 bits per heavy atom. The molecule has 0 saturated carbocycles. The van der Waals surface area contributed by atoms with Gasteiger partial charge in [-0.3, -0.25) is 4.79 Å². The summed E-state index contributed by atoms with van der Waals surface area (Å²) in [6.45, 7) is 7.32. The SMILES string of the molecule is C=C(C)CNC(=NCC(=O)N(C)C)NCCc1ccccc1.I. The van der Waals surface area contributed by atoms with Crippen molar-refractivity contribution in [2.75, 3.05) is 33.7 Å². The highest BCUT2D eigenvalue weighted by molar-refractivity contribution is 14.0. The zero-order valence-corrected chi connectivity index (χ0v) is 16.5. The Labute approximate surface area is 156 Å². The van der Waals surface area contributed by atoms with Gasteiger partial charge in [-0.1, -0.05) is 42.5 Å². The lowest BCUT2D eigenvalue weighted by molar-refractivity contribution is -0.127. The van der Waals surface area contributed by atoms with Crippen LogP contribution in [0.4, 0.5) is 0 Å². The molecule has 0 unspecified atom stereocenters. The normalized spacial score (nSPS) is 10.5. The number of hydrogen-bond acceptors (Lipinski definition) is 2. The van der Waals surface area contributed by atoms with E-state index in [4.69, 9.17) is 0 Å². The Kier molecular flexibility index (Phi) is 11.1. The molecule has 1 aromatic carbocycles. The Hall–Kier alpha value is -1.57. The fourth-order valence-electron chi connectivity index (χ4n) is 1.67. The molecular formula is C17H27IN4O. The lowest BCUT2D eigenvalue weighted by Gasteiger charge is -2.13. The lowest BCUT2D eigenvalue weighted by Crippen LogP contribution is -2.40. The summed E-state index contributed by atoms with van der Waals surface area (Å²) >= 11 is 0. The van der Waals surface area contributed by atoms with Crippen molar-refractivity contribution in [1.82, 2.24) is 15.5 Å². The minimum absolute atomic E-state index is 0. The van der Waals surface area contributed by atoms with Crippen LogP contribution < -0.4 is 10.6 Å². The highest BCUT2D eigenvalue weighted by Crippen LogP contribution is 1.98. The molecule has 0 bridgehead atoms. The van der Waals surface area contributed by atoms with Gasteiger partial charge in [0.05, 0.1) is 0 Å². The standard InChI is InChI=1S/C17H26N4O.HI/c1-14(2)12-19-17(20-13-16(22)21(3)4)18-11-10-15-8-6-5-7-9-15;/h5-9H,1,10-13H2,2-4H3,(H2,18,19,20);1H. The van der Waals surface area contributed by atoms with Gasteiger partial charge in [0.15, 0.2) is 5.96 Å². The summed E-state index contributed by atoms with van der Waals surface area (Å²) < 4.78 is 0. The van der Waals surface area contributed by atoms with E-state index in [9.17, 15) is 4.79 Å². The number of rotatable bonds is 7. The zero-order chi connectivity index (χ0) is 16.4. The van der Waals surface area contributed by atoms with Gasteiger partial charge in [-0.25, -0.2) is 4.99 Å². The number of halogens is 1. The fraction of sp³-hybridized carbons (Fsp3) is 0.412. The number of aliphatic imine (C=N–C) groups is 1. The molecule has 0 fully saturated rings. The number of carbonyl (C=O) groups is 1. The van der Waals surface area contributed by atoms with E-state index in [0.717, 1.165) is 18.5 Å². The van der Waals surface area contributed by atoms with Gasteiger partial charge in [0.25, 0.3) is 0 Å². The molecule has 0 aliphatic carbocycles. The van der Waals surface area contributed by atoms with Crippen molar-refractivity contribution in [2.45, 2.75) is 13.3 Å². The molecule has 6 heteroatoms. The van der Waals surface area contributed by atoms with Crippen LogP contribution in [0.2, 0.25) is 0 Å². The minimum Gasteiger partial charge on any atom is -0.356 e. The number of guanidine groups is 1. The minimum atomic E-state index is -0.0283. The van der Waals surface area contributed by atoms with Crippen molar-refractivity contribution in [3.63, 3.8) is 0 Å². The van der Waals surface area contributed by atoms with E-state index in [2.05, 4.69) is 34.3 Å². The molecule has 23 heavy (non-hydrogen) atoms. The third-order valence-electron chi connectivity index (χ3n) is 2.98. The van der Waals surface area contributed by atoms with Gasteiger partial charge in [-0.15, -0.1) is 24.0 Å². The largest absolute Gasteiger partial charge is 0.356 e. The van der Waals surface area contributed by atoms with Crippen LogP contribution in [0.1, 0.15) is 12.5 Å². The van der Waals surface area contributed by atoms with Crippen LogP contribution in [0.5, 0.6) is 0 Å². The van der Waals surface area contributed by atoms with E-state index < -0.39 is 0 Å². The van der Waals surface area contributed by atoms with Crippen molar-refractivity contribution in [2.24, 2.45) is 4.99 Å². The van der Waals surface area contributed by atoms with Gasteiger partial charge in [0.2, 0.25) is 5.91 Å². The number of nitrogens with one attached hydrogen (secondary N) is 2. The van der Waals surface area contributed by atoms with E-state index >= 15 is 0 Å². The molecule has 0 spiro atoms. The first-order valence-corrected chi connectivity index (χ1v) is 7.39. The highest BCUT2D eigenvalue weighted by atomic mass is 127. The van der Waals surface area contributed by atoms with Crippen molar-refractivity contribution >= 4 is 35.8 Å². The van der Waals surface area contributed by atoms with E-state index in [1.54, 1.807) is 14.1 Å². The van der Waals surface area contributed by atoms with Gasteiger partial charge in [0, 0.05) is 27.2 Å². The van der Waals surface area contributed by atoms with Gasteiger partial charge in [-0.2, -0.15) is 0 Å². The molecule has 1 aromatic rings. The molecule has 0 atom stereocenters. The van der Waals surface area contributed by atoms with Crippen LogP contribution in [0.3, 0.4) is 0 Å². The van der Waals surface area contributed by atoms with Gasteiger partial charge >= 0.3 is 0 Å². The summed E-state index contributed by atoms with van der Waals surface area (Å²) in [6.07, 6.45) is 0.899. The van der Waals surface area contributed by atoms with Crippen LogP contribution >= 0.6 is 24.0 Å². The molecule has 128 valence electrons. The highest BCUT2D eigenvalue weighted by Gasteiger charge is 2.04. The molecular weight excluding hydrogens is 403 g/mol. The molecule has 5 nitrogen and oxygen atoms in total. The molecule has 1 rings (SSSR count). The van der Waals surface area contributed by atoms with Crippen LogP contribution in [0, 0.1) is 0 Å². The third-order valence-corrected chi connectivity index (χ3v) is 2.98. The molecule has 1 amide bonds. The number of nitrogens with zero attached hydrogens (tertiary/aromatic N) is 2. The molecule has 2 N–H and O–H groups in total. The van der Waals surface area contributed by atoms with Gasteiger partial charge in [0.1, 0.15) is 6.54 Å². The lowest BCUT2D eigenvalue weighted by atomic mass is 10.1. The average molecular weight is 430 g/mol. The van der Waals surface area contributed by atoms with E-state index in [-0.39, 0.29) is 36.4 Å². The van der Waals surface area contributed by atoms with E-state index in [1.807, 2.05) is 25.1 Å². The van der Waals surface area contributed by atoms with Crippen molar-refractivity contribution < 1.29 is 4.79 Å². The van der Waals surface area contributed by atoms with Crippen molar-refractivity contribution in [3.8, 4) is 0 Å². The quantitative estimate of drug-likeness (QED) is 0.301. The number of amides is 1. The molecule has 0 aliphatic rings. The maximum atomic E-state index is 11.6. The van der Waals surface area contributed by atoms with Crippen LogP contribution in [0.25, 0.3) is 0 Å². The van der Waals surface area contributed by atoms with E-state index in [1.165, 1.54) is 10.5 Å². The number of carbonyl (C=O) groups excluding carboxylic acids is 1. The maximum absolute atomic E-state index is 11.6. The maximum Gasteiger partial charge on any atom is 0.243 e. The summed E-state index contributed by atoms with van der Waals surface area (Å²) in [6, 6.07) is 10.2. The second-order valence-corrected chi connectivity index (χ2v) is 5.43. The Balaban J connectivity index is 0.00000484. The second kappa shape index (κ2) is 11.9. The topological polar surface area (TPSA) is 56.7 Å². The first-order chi connectivity index (χ1) is 10.5. The summed E-state index contributed by atoms with van der Waals surface area (Å²) in [5.41, 5.74) is 2.27. The predicted molar refractivity (Wildman–Crippen MR) is 107 cm³/mol. The second-order valence-electron chi connectivity index (χ2n) is 5.43. The zero-order valence-electron chi connectivity index (χ0n) is 14.1. The third kappa shape index (κ3) is 9.93. The van der Waals surface area contributed by atoms with Crippen LogP contribution in [0.15, 0.2) is 47.5 Å². The average Bonchev–Trinajstić information content (AvgIpc) is 2.49. The first-order valence-electron chi connectivity index (χ1n) is 7.39. The van der Waals surface area contributed by atoms with E-state index in [0.29, 0.717) is 12.5 Å². The Bertz CT molecular complexity index is 515. The molecule has 0 heterocycles. The molecule has 0 aliphatic heterocycles. The molecule has 0 radical (unpaired) electrons. The summed E-state index contributed by atoms with van der Waals surface area (Å²) in [5, 5.41) is 6.41. The van der Waals surface area contributed by atoms with Crippen LogP contribution in [-0.2, 0) is 11.2 Å². The summed E-state index contributed by atoms with van der Waals surface area (Å²) in [4.78, 5) is 17.5. The number of benzene rings is 1.